The van der Waals surface area contributed by atoms with E-state index in [9.17, 15) is 4.79 Å². The molecule has 1 aliphatic rings. The molecule has 0 aliphatic heterocycles. The molecule has 0 fully saturated rings. The molecule has 8 heteroatoms. The molecule has 0 spiro atoms. The second-order valence-electron chi connectivity index (χ2n) is 4.94. The van der Waals surface area contributed by atoms with Gasteiger partial charge >= 0.3 is 0 Å². The number of nitrogens with zero attached hydrogens (tertiary/aromatic N) is 3. The Morgan fingerprint density at radius 1 is 1.38 bits per heavy atom. The van der Waals surface area contributed by atoms with Crippen molar-refractivity contribution < 1.29 is 9.21 Å². The zero-order valence-electron chi connectivity index (χ0n) is 10.9. The van der Waals surface area contributed by atoms with Gasteiger partial charge in [0.1, 0.15) is 6.26 Å². The maximum Gasteiger partial charge on any atom is 0.254 e. The SMILES string of the molecule is O=C(NC1Cc2cscc2C1)c1coc(-c2nn[nH]n2)c1. The van der Waals surface area contributed by atoms with Gasteiger partial charge < -0.3 is 9.73 Å². The third kappa shape index (κ3) is 2.23. The minimum atomic E-state index is -0.146. The van der Waals surface area contributed by atoms with Gasteiger partial charge in [0.15, 0.2) is 5.76 Å². The average Bonchev–Trinajstić information content (AvgIpc) is 3.22. The lowest BCUT2D eigenvalue weighted by molar-refractivity contribution is 0.0938. The highest BCUT2D eigenvalue weighted by molar-refractivity contribution is 7.08. The normalized spacial score (nSPS) is 14.3. The quantitative estimate of drug-likeness (QED) is 0.762. The zero-order chi connectivity index (χ0) is 14.2. The standard InChI is InChI=1S/C13H11N5O2S/c19-13(14-10-1-8-5-21-6-9(8)2-10)7-3-11(20-4-7)12-15-17-18-16-12/h3-6,10H,1-2H2,(H,14,19)(H,15,16,17,18). The number of hydrogen-bond donors (Lipinski definition) is 2. The molecule has 0 bridgehead atoms. The summed E-state index contributed by atoms with van der Waals surface area (Å²) in [6.07, 6.45) is 3.19. The molecular weight excluding hydrogens is 290 g/mol. The molecule has 3 heterocycles. The number of hydrogen-bond acceptors (Lipinski definition) is 6. The van der Waals surface area contributed by atoms with Crippen molar-refractivity contribution in [2.75, 3.05) is 0 Å². The highest BCUT2D eigenvalue weighted by Gasteiger charge is 2.24. The summed E-state index contributed by atoms with van der Waals surface area (Å²) in [6, 6.07) is 1.77. The Bertz CT molecular complexity index is 756. The molecule has 2 N–H and O–H groups in total. The van der Waals surface area contributed by atoms with Crippen molar-refractivity contribution in [2.24, 2.45) is 0 Å². The fourth-order valence-electron chi connectivity index (χ4n) is 2.52. The van der Waals surface area contributed by atoms with Crippen LogP contribution in [-0.4, -0.2) is 32.6 Å². The lowest BCUT2D eigenvalue weighted by Crippen LogP contribution is -2.35. The second-order valence-corrected chi connectivity index (χ2v) is 5.68. The maximum atomic E-state index is 12.2. The highest BCUT2D eigenvalue weighted by Crippen LogP contribution is 2.26. The van der Waals surface area contributed by atoms with Crippen LogP contribution >= 0.6 is 11.3 Å². The molecule has 3 aromatic heterocycles. The number of carbonyl (C=O) groups excluding carboxylic acids is 1. The summed E-state index contributed by atoms with van der Waals surface area (Å²) in [6.45, 7) is 0. The van der Waals surface area contributed by atoms with Crippen LogP contribution in [-0.2, 0) is 12.8 Å². The number of aromatic nitrogens is 4. The Hall–Kier alpha value is -2.48. The minimum absolute atomic E-state index is 0.146. The fourth-order valence-corrected chi connectivity index (χ4v) is 3.41. The molecule has 7 nitrogen and oxygen atoms in total. The van der Waals surface area contributed by atoms with Crippen molar-refractivity contribution in [3.8, 4) is 11.6 Å². The van der Waals surface area contributed by atoms with E-state index in [2.05, 4.69) is 36.7 Å². The lowest BCUT2D eigenvalue weighted by atomic mass is 10.2. The first-order chi connectivity index (χ1) is 10.3. The van der Waals surface area contributed by atoms with Gasteiger partial charge in [-0.25, -0.2) is 0 Å². The van der Waals surface area contributed by atoms with E-state index < -0.39 is 0 Å². The smallest absolute Gasteiger partial charge is 0.254 e. The number of aromatic amines is 1. The van der Waals surface area contributed by atoms with Crippen molar-refractivity contribution in [1.29, 1.82) is 0 Å². The molecule has 0 aromatic carbocycles. The zero-order valence-corrected chi connectivity index (χ0v) is 11.7. The fraction of sp³-hybridized carbons (Fsp3) is 0.231. The lowest BCUT2D eigenvalue weighted by Gasteiger charge is -2.10. The number of nitrogens with one attached hydrogen (secondary N) is 2. The molecule has 0 saturated carbocycles. The number of furan rings is 1. The van der Waals surface area contributed by atoms with E-state index in [0.29, 0.717) is 17.1 Å². The topological polar surface area (TPSA) is 96.7 Å². The van der Waals surface area contributed by atoms with E-state index in [1.54, 1.807) is 17.4 Å². The number of thiophene rings is 1. The predicted octanol–water partition coefficient (Wildman–Crippen LogP) is 1.42. The molecule has 4 rings (SSSR count). The minimum Gasteiger partial charge on any atom is -0.460 e. The summed E-state index contributed by atoms with van der Waals surface area (Å²) < 4.78 is 5.30. The summed E-state index contributed by atoms with van der Waals surface area (Å²) in [4.78, 5) is 12.2. The van der Waals surface area contributed by atoms with Gasteiger partial charge in [0.25, 0.3) is 5.91 Å². The summed E-state index contributed by atoms with van der Waals surface area (Å²) in [7, 11) is 0. The first-order valence-electron chi connectivity index (χ1n) is 6.47. The van der Waals surface area contributed by atoms with Gasteiger partial charge in [-0.1, -0.05) is 0 Å². The Kier molecular flexibility index (Phi) is 2.81. The van der Waals surface area contributed by atoms with E-state index in [1.165, 1.54) is 17.4 Å². The van der Waals surface area contributed by atoms with Crippen LogP contribution in [0.5, 0.6) is 0 Å². The van der Waals surface area contributed by atoms with E-state index in [-0.39, 0.29) is 11.9 Å². The Labute approximate surface area is 123 Å². The maximum absolute atomic E-state index is 12.2. The molecule has 0 unspecified atom stereocenters. The van der Waals surface area contributed by atoms with E-state index in [4.69, 9.17) is 4.42 Å². The molecule has 3 aromatic rings. The van der Waals surface area contributed by atoms with Crippen LogP contribution in [0.15, 0.2) is 27.5 Å². The van der Waals surface area contributed by atoms with Gasteiger partial charge in [0.2, 0.25) is 5.82 Å². The average molecular weight is 301 g/mol. The van der Waals surface area contributed by atoms with Gasteiger partial charge in [-0.05, 0) is 39.9 Å². The van der Waals surface area contributed by atoms with Crippen LogP contribution in [0, 0.1) is 0 Å². The van der Waals surface area contributed by atoms with Crippen molar-refractivity contribution in [2.45, 2.75) is 18.9 Å². The number of amides is 1. The summed E-state index contributed by atoms with van der Waals surface area (Å²) >= 11 is 1.71. The monoisotopic (exact) mass is 301 g/mol. The highest BCUT2D eigenvalue weighted by atomic mass is 32.1. The predicted molar refractivity (Wildman–Crippen MR) is 74.9 cm³/mol. The van der Waals surface area contributed by atoms with Crippen LogP contribution < -0.4 is 5.32 Å². The molecule has 106 valence electrons. The molecule has 0 radical (unpaired) electrons. The van der Waals surface area contributed by atoms with E-state index >= 15 is 0 Å². The molecule has 1 aliphatic carbocycles. The van der Waals surface area contributed by atoms with Crippen molar-refractivity contribution in [3.05, 3.63) is 39.8 Å². The number of tetrazole rings is 1. The number of carbonyl (C=O) groups is 1. The second kappa shape index (κ2) is 4.81. The molecule has 1 amide bonds. The third-order valence-electron chi connectivity index (χ3n) is 3.53. The van der Waals surface area contributed by atoms with Crippen LogP contribution in [0.1, 0.15) is 21.5 Å². The van der Waals surface area contributed by atoms with Crippen LogP contribution in [0.2, 0.25) is 0 Å². The van der Waals surface area contributed by atoms with Gasteiger partial charge in [-0.2, -0.15) is 16.6 Å². The third-order valence-corrected chi connectivity index (χ3v) is 4.37. The summed E-state index contributed by atoms with van der Waals surface area (Å²) in [5.41, 5.74) is 3.14. The number of rotatable bonds is 3. The van der Waals surface area contributed by atoms with Gasteiger partial charge in [-0.15, -0.1) is 10.2 Å². The van der Waals surface area contributed by atoms with Crippen LogP contribution in [0.25, 0.3) is 11.6 Å². The summed E-state index contributed by atoms with van der Waals surface area (Å²) in [5.74, 6) is 0.600. The molecule has 21 heavy (non-hydrogen) atoms. The van der Waals surface area contributed by atoms with E-state index in [1.807, 2.05) is 0 Å². The largest absolute Gasteiger partial charge is 0.460 e. The molecule has 0 atom stereocenters. The van der Waals surface area contributed by atoms with Crippen molar-refractivity contribution in [3.63, 3.8) is 0 Å². The van der Waals surface area contributed by atoms with E-state index in [0.717, 1.165) is 12.8 Å². The Balaban J connectivity index is 1.45. The van der Waals surface area contributed by atoms with Crippen molar-refractivity contribution >= 4 is 17.2 Å². The van der Waals surface area contributed by atoms with Gasteiger partial charge in [0.05, 0.1) is 5.56 Å². The van der Waals surface area contributed by atoms with Crippen LogP contribution in [0.4, 0.5) is 0 Å². The first kappa shape index (κ1) is 12.3. The number of H-pyrrole nitrogens is 1. The summed E-state index contributed by atoms with van der Waals surface area (Å²) in [5, 5.41) is 20.7. The Morgan fingerprint density at radius 3 is 2.90 bits per heavy atom. The van der Waals surface area contributed by atoms with Crippen molar-refractivity contribution in [1.82, 2.24) is 25.9 Å². The number of fused-ring (bicyclic) bond motifs is 1. The molecular formula is C13H11N5O2S. The Morgan fingerprint density at radius 2 is 2.19 bits per heavy atom. The molecule has 0 saturated heterocycles. The van der Waals surface area contributed by atoms with Crippen LogP contribution in [0.3, 0.4) is 0 Å². The first-order valence-corrected chi connectivity index (χ1v) is 7.41. The van der Waals surface area contributed by atoms with Gasteiger partial charge in [0, 0.05) is 12.1 Å². The van der Waals surface area contributed by atoms with Gasteiger partial charge in [-0.3, -0.25) is 4.79 Å².